The monoisotopic (exact) mass is 761 g/mol. The highest BCUT2D eigenvalue weighted by Gasteiger charge is 2.35. The van der Waals surface area contributed by atoms with E-state index in [0.717, 1.165) is 25.0 Å². The maximum absolute atomic E-state index is 14.3. The predicted molar refractivity (Wildman–Crippen MR) is 191 cm³/mol. The van der Waals surface area contributed by atoms with Gasteiger partial charge in [0.25, 0.3) is 11.8 Å². The van der Waals surface area contributed by atoms with Gasteiger partial charge in [-0.15, -0.1) is 0 Å². The lowest BCUT2D eigenvalue weighted by molar-refractivity contribution is 0.0532. The molecule has 4 heterocycles. The summed E-state index contributed by atoms with van der Waals surface area (Å²) in [6.07, 6.45) is 2.47. The quantitative estimate of drug-likeness (QED) is 0.232. The molecule has 3 aromatic carbocycles. The Morgan fingerprint density at radius 1 is 1.06 bits per heavy atom. The van der Waals surface area contributed by atoms with Gasteiger partial charge >= 0.3 is 5.69 Å². The van der Waals surface area contributed by atoms with E-state index in [4.69, 9.17) is 16.3 Å². The molecule has 0 bridgehead atoms. The van der Waals surface area contributed by atoms with Crippen molar-refractivity contribution < 1.29 is 18.7 Å². The van der Waals surface area contributed by atoms with Gasteiger partial charge in [0, 0.05) is 47.9 Å². The lowest BCUT2D eigenvalue weighted by atomic mass is 10.1. The molecule has 14 heteroatoms. The minimum absolute atomic E-state index is 0.0194. The highest BCUT2D eigenvalue weighted by atomic mass is 79.9. The van der Waals surface area contributed by atoms with Crippen LogP contribution in [-0.4, -0.2) is 67.5 Å². The second-order valence-corrected chi connectivity index (χ2v) is 13.8. The Labute approximate surface area is 300 Å². The van der Waals surface area contributed by atoms with Crippen LogP contribution in [0.4, 0.5) is 10.1 Å². The zero-order valence-corrected chi connectivity index (χ0v) is 29.7. The number of anilines is 1. The number of morpholine rings is 1. The van der Waals surface area contributed by atoms with Gasteiger partial charge in [0.2, 0.25) is 0 Å². The molecule has 2 aromatic heterocycles. The normalized spacial score (nSPS) is 17.5. The number of hydrogen-bond acceptors (Lipinski definition) is 6. The average Bonchev–Trinajstić information content (AvgIpc) is 3.68. The van der Waals surface area contributed by atoms with Crippen LogP contribution in [0.15, 0.2) is 88.4 Å². The number of ether oxygens (including phenoxy) is 1. The topological polar surface area (TPSA) is 107 Å². The van der Waals surface area contributed by atoms with Crippen LogP contribution in [0.5, 0.6) is 0 Å². The Bertz CT molecular complexity index is 2150. The molecule has 2 aliphatic heterocycles. The molecule has 0 unspecified atom stereocenters. The largest absolute Gasteiger partial charge is 0.375 e. The Morgan fingerprint density at radius 2 is 1.82 bits per heavy atom. The standard InChI is InChI=1S/C36H34BrClFN7O4/c1-22-18-44-32(21-43(22)35(48)24-7-12-29(37)30(38)15-24)33(34(47)40-16-25-5-3-4-6-31(25)45-20-26(39)17-41-45)46(36(44)49)28-10-8-27(9-11-28)42-13-14-50-23(2)19-42/h3-12,15,17,20,22-23H,13-14,16,18-19,21H2,1-2H3,(H,40,47)/t22-,23-/m1/s1. The molecule has 0 spiro atoms. The number of rotatable bonds is 7. The zero-order valence-electron chi connectivity index (χ0n) is 27.4. The van der Waals surface area contributed by atoms with E-state index in [-0.39, 0.29) is 49.1 Å². The summed E-state index contributed by atoms with van der Waals surface area (Å²) in [5.74, 6) is -1.26. The molecular weight excluding hydrogens is 729 g/mol. The number of benzene rings is 3. The van der Waals surface area contributed by atoms with Gasteiger partial charge in [0.15, 0.2) is 5.82 Å². The minimum Gasteiger partial charge on any atom is -0.375 e. The molecule has 11 nitrogen and oxygen atoms in total. The van der Waals surface area contributed by atoms with Gasteiger partial charge in [-0.1, -0.05) is 29.8 Å². The van der Waals surface area contributed by atoms with E-state index >= 15 is 0 Å². The van der Waals surface area contributed by atoms with Gasteiger partial charge in [-0.3, -0.25) is 18.7 Å². The van der Waals surface area contributed by atoms with Crippen LogP contribution in [-0.2, 0) is 24.4 Å². The number of amides is 2. The van der Waals surface area contributed by atoms with Gasteiger partial charge in [-0.05, 0) is 83.9 Å². The summed E-state index contributed by atoms with van der Waals surface area (Å²) in [6, 6.07) is 19.4. The second kappa shape index (κ2) is 13.9. The average molecular weight is 763 g/mol. The molecule has 2 aliphatic rings. The van der Waals surface area contributed by atoms with E-state index in [9.17, 15) is 18.8 Å². The van der Waals surface area contributed by atoms with E-state index < -0.39 is 11.7 Å². The first-order valence-electron chi connectivity index (χ1n) is 16.2. The summed E-state index contributed by atoms with van der Waals surface area (Å²) >= 11 is 9.70. The first kappa shape index (κ1) is 33.8. The number of imidazole rings is 1. The number of halogens is 3. The van der Waals surface area contributed by atoms with Gasteiger partial charge in [0.05, 0.1) is 53.7 Å². The molecule has 0 radical (unpaired) electrons. The molecule has 258 valence electrons. The summed E-state index contributed by atoms with van der Waals surface area (Å²) in [5, 5.41) is 7.46. The molecule has 0 aliphatic carbocycles. The fraction of sp³-hybridized carbons (Fsp3) is 0.278. The maximum Gasteiger partial charge on any atom is 0.333 e. The summed E-state index contributed by atoms with van der Waals surface area (Å²) in [7, 11) is 0. The van der Waals surface area contributed by atoms with E-state index in [1.165, 1.54) is 15.4 Å². The number of hydrogen-bond donors (Lipinski definition) is 1. The van der Waals surface area contributed by atoms with Crippen LogP contribution >= 0.6 is 27.5 Å². The van der Waals surface area contributed by atoms with Crippen molar-refractivity contribution in [1.29, 1.82) is 0 Å². The predicted octanol–water partition coefficient (Wildman–Crippen LogP) is 5.58. The molecule has 50 heavy (non-hydrogen) atoms. The van der Waals surface area contributed by atoms with Gasteiger partial charge in [0.1, 0.15) is 5.69 Å². The SMILES string of the molecule is C[C@@H]1CN(c2ccc(-n3c(C(=O)NCc4ccccc4-n4cc(F)cn4)c4n(c3=O)C[C@@H](C)N(C(=O)c3ccc(Br)c(Cl)c3)C4)cc2)CCO1. The lowest BCUT2D eigenvalue weighted by Crippen LogP contribution is -2.47. The first-order valence-corrected chi connectivity index (χ1v) is 17.4. The van der Waals surface area contributed by atoms with Crippen LogP contribution in [0.2, 0.25) is 5.02 Å². The first-order chi connectivity index (χ1) is 24.1. The van der Waals surface area contributed by atoms with E-state index in [0.29, 0.717) is 44.3 Å². The Hall–Kier alpha value is -4.72. The smallest absolute Gasteiger partial charge is 0.333 e. The van der Waals surface area contributed by atoms with Crippen molar-refractivity contribution in [3.63, 3.8) is 0 Å². The van der Waals surface area contributed by atoms with E-state index in [1.54, 1.807) is 39.8 Å². The number of nitrogens with one attached hydrogen (secondary N) is 1. The van der Waals surface area contributed by atoms with Crippen molar-refractivity contribution >= 4 is 45.0 Å². The molecule has 5 aromatic rings. The van der Waals surface area contributed by atoms with Crippen LogP contribution in [0.1, 0.15) is 46.0 Å². The number of carbonyl (C=O) groups is 2. The van der Waals surface area contributed by atoms with Crippen LogP contribution in [0, 0.1) is 5.82 Å². The van der Waals surface area contributed by atoms with Crippen molar-refractivity contribution in [2.75, 3.05) is 24.6 Å². The Morgan fingerprint density at radius 3 is 2.54 bits per heavy atom. The Balaban J connectivity index is 1.26. The molecular formula is C36H34BrClFN7O4. The number of nitrogens with zero attached hydrogens (tertiary/aromatic N) is 6. The molecule has 1 saturated heterocycles. The fourth-order valence-corrected chi connectivity index (χ4v) is 7.02. The fourth-order valence-electron chi connectivity index (χ4n) is 6.60. The molecule has 7 rings (SSSR count). The molecule has 0 saturated carbocycles. The number of aromatic nitrogens is 4. The van der Waals surface area contributed by atoms with Gasteiger partial charge < -0.3 is 19.9 Å². The summed E-state index contributed by atoms with van der Waals surface area (Å²) in [4.78, 5) is 46.2. The van der Waals surface area contributed by atoms with Crippen molar-refractivity contribution in [3.8, 4) is 11.4 Å². The third-order valence-corrected chi connectivity index (χ3v) is 10.4. The summed E-state index contributed by atoms with van der Waals surface area (Å²) in [6.45, 7) is 6.29. The summed E-state index contributed by atoms with van der Waals surface area (Å²) < 4.78 is 24.6. The Kier molecular flexibility index (Phi) is 9.38. The molecule has 1 fully saturated rings. The van der Waals surface area contributed by atoms with Gasteiger partial charge in [-0.2, -0.15) is 5.10 Å². The zero-order chi connectivity index (χ0) is 35.1. The highest BCUT2D eigenvalue weighted by Crippen LogP contribution is 2.28. The van der Waals surface area contributed by atoms with Crippen LogP contribution < -0.4 is 15.9 Å². The molecule has 1 N–H and O–H groups in total. The lowest BCUT2D eigenvalue weighted by Gasteiger charge is -2.34. The number of carbonyl (C=O) groups excluding carboxylic acids is 2. The minimum atomic E-state index is -0.503. The van der Waals surface area contributed by atoms with Gasteiger partial charge in [-0.25, -0.2) is 13.9 Å². The maximum atomic E-state index is 14.3. The van der Waals surface area contributed by atoms with Crippen molar-refractivity contribution in [3.05, 3.63) is 127 Å². The molecule has 2 atom stereocenters. The van der Waals surface area contributed by atoms with Crippen LogP contribution in [0.25, 0.3) is 11.4 Å². The number of para-hydroxylation sites is 1. The summed E-state index contributed by atoms with van der Waals surface area (Å²) in [5.41, 5.74) is 3.34. The van der Waals surface area contributed by atoms with Crippen molar-refractivity contribution in [2.24, 2.45) is 0 Å². The third kappa shape index (κ3) is 6.48. The van der Waals surface area contributed by atoms with Crippen LogP contribution in [0.3, 0.4) is 0 Å². The van der Waals surface area contributed by atoms with Crippen molar-refractivity contribution in [2.45, 2.75) is 45.6 Å². The highest BCUT2D eigenvalue weighted by molar-refractivity contribution is 9.10. The van der Waals surface area contributed by atoms with Crippen molar-refractivity contribution in [1.82, 2.24) is 29.1 Å². The third-order valence-electron chi connectivity index (χ3n) is 9.13. The van der Waals surface area contributed by atoms with E-state index in [1.807, 2.05) is 50.2 Å². The molecule has 2 amide bonds. The van der Waals surface area contributed by atoms with E-state index in [2.05, 4.69) is 31.2 Å². The second-order valence-electron chi connectivity index (χ2n) is 12.5. The number of fused-ring (bicyclic) bond motifs is 1.